The van der Waals surface area contributed by atoms with Crippen LogP contribution in [0.4, 0.5) is 5.82 Å². The topological polar surface area (TPSA) is 80.8 Å². The number of fused-ring (bicyclic) bond motifs is 2. The largest absolute Gasteiger partial charge is 0.353 e. The highest BCUT2D eigenvalue weighted by atomic mass is 15.3. The van der Waals surface area contributed by atoms with E-state index in [9.17, 15) is 0 Å². The molecule has 0 bridgehead atoms. The molecule has 0 radical (unpaired) electrons. The molecular weight excluding hydrogens is 426 g/mol. The fourth-order valence-electron chi connectivity index (χ4n) is 4.57. The number of hydrogen-bond acceptors (Lipinski definition) is 7. The number of piperazine rings is 1. The van der Waals surface area contributed by atoms with Crippen molar-refractivity contribution in [1.82, 2.24) is 39.2 Å². The number of aromatic nitrogens is 7. The lowest BCUT2D eigenvalue weighted by Gasteiger charge is -2.32. The first-order valence-electron chi connectivity index (χ1n) is 11.6. The molecule has 0 aliphatic carbocycles. The Hall–Kier alpha value is -3.85. The second kappa shape index (κ2) is 8.18. The first kappa shape index (κ1) is 20.7. The summed E-state index contributed by atoms with van der Waals surface area (Å²) in [6.07, 6.45) is 9.46. The smallest absolute Gasteiger partial charge is 0.197 e. The normalized spacial score (nSPS) is 15.9. The number of pyridine rings is 1. The van der Waals surface area contributed by atoms with Crippen LogP contribution in [-0.4, -0.2) is 72.4 Å². The Balaban J connectivity index is 1.35. The molecule has 0 amide bonds. The van der Waals surface area contributed by atoms with Crippen LogP contribution in [-0.2, 0) is 7.05 Å². The molecule has 9 nitrogen and oxygen atoms in total. The first-order valence-corrected chi connectivity index (χ1v) is 11.6. The molecule has 5 heterocycles. The Labute approximate surface area is 197 Å². The number of benzene rings is 1. The van der Waals surface area contributed by atoms with Crippen LogP contribution < -0.4 is 4.90 Å². The van der Waals surface area contributed by atoms with Crippen LogP contribution in [0, 0.1) is 0 Å². The van der Waals surface area contributed by atoms with E-state index in [0.29, 0.717) is 5.65 Å². The Morgan fingerprint density at radius 3 is 2.53 bits per heavy atom. The summed E-state index contributed by atoms with van der Waals surface area (Å²) in [5.74, 6) is 0.915. The van der Waals surface area contributed by atoms with Crippen molar-refractivity contribution in [3.05, 3.63) is 60.9 Å². The third-order valence-corrected chi connectivity index (χ3v) is 6.74. The molecule has 1 aliphatic heterocycles. The SMILES string of the molecule is CC(c1ccc2ncc(-c3cnn(C)c3)cc2c1)n1cnc2ncc(N3CCN(C)CC3)nc21. The van der Waals surface area contributed by atoms with Gasteiger partial charge in [0.05, 0.1) is 30.3 Å². The summed E-state index contributed by atoms with van der Waals surface area (Å²) in [6, 6.07) is 8.64. The van der Waals surface area contributed by atoms with E-state index < -0.39 is 0 Å². The minimum atomic E-state index is 0.0495. The van der Waals surface area contributed by atoms with Gasteiger partial charge in [0.25, 0.3) is 0 Å². The predicted octanol–water partition coefficient (Wildman–Crippen LogP) is 3.14. The van der Waals surface area contributed by atoms with Crippen LogP contribution in [0.2, 0.25) is 0 Å². The van der Waals surface area contributed by atoms with Crippen LogP contribution >= 0.6 is 0 Å². The van der Waals surface area contributed by atoms with Gasteiger partial charge in [0.15, 0.2) is 11.3 Å². The molecule has 6 rings (SSSR count). The minimum Gasteiger partial charge on any atom is -0.353 e. The maximum Gasteiger partial charge on any atom is 0.197 e. The number of imidazole rings is 1. The predicted molar refractivity (Wildman–Crippen MR) is 133 cm³/mol. The Bertz CT molecular complexity index is 1480. The van der Waals surface area contributed by atoms with Gasteiger partial charge in [-0.25, -0.2) is 15.0 Å². The van der Waals surface area contributed by atoms with Crippen LogP contribution in [0.1, 0.15) is 18.5 Å². The number of hydrogen-bond donors (Lipinski definition) is 0. The van der Waals surface area contributed by atoms with Gasteiger partial charge in [0, 0.05) is 62.1 Å². The number of rotatable bonds is 4. The fourth-order valence-corrected chi connectivity index (χ4v) is 4.57. The van der Waals surface area contributed by atoms with E-state index in [1.54, 1.807) is 4.68 Å². The summed E-state index contributed by atoms with van der Waals surface area (Å²) in [4.78, 5) is 23.4. The van der Waals surface area contributed by atoms with Gasteiger partial charge < -0.3 is 14.4 Å². The van der Waals surface area contributed by atoms with Crippen molar-refractivity contribution in [2.75, 3.05) is 38.1 Å². The lowest BCUT2D eigenvalue weighted by atomic mass is 10.0. The average molecular weight is 454 g/mol. The summed E-state index contributed by atoms with van der Waals surface area (Å²) < 4.78 is 3.92. The van der Waals surface area contributed by atoms with E-state index in [1.165, 1.54) is 5.56 Å². The van der Waals surface area contributed by atoms with E-state index in [2.05, 4.69) is 72.7 Å². The van der Waals surface area contributed by atoms with E-state index in [0.717, 1.165) is 59.7 Å². The zero-order valence-electron chi connectivity index (χ0n) is 19.6. The number of nitrogens with zero attached hydrogens (tertiary/aromatic N) is 9. The van der Waals surface area contributed by atoms with Gasteiger partial charge in [-0.2, -0.15) is 5.10 Å². The van der Waals surface area contributed by atoms with Crippen LogP contribution in [0.15, 0.2) is 55.4 Å². The van der Waals surface area contributed by atoms with Crippen molar-refractivity contribution >= 4 is 28.0 Å². The van der Waals surface area contributed by atoms with E-state index in [1.807, 2.05) is 38.2 Å². The fraction of sp³-hybridized carbons (Fsp3) is 0.320. The van der Waals surface area contributed by atoms with Crippen molar-refractivity contribution < 1.29 is 0 Å². The zero-order valence-corrected chi connectivity index (χ0v) is 19.6. The quantitative estimate of drug-likeness (QED) is 0.414. The molecular formula is C25H27N9. The minimum absolute atomic E-state index is 0.0495. The van der Waals surface area contributed by atoms with Crippen LogP contribution in [0.25, 0.3) is 33.3 Å². The van der Waals surface area contributed by atoms with Crippen molar-refractivity contribution in [2.24, 2.45) is 7.05 Å². The third-order valence-electron chi connectivity index (χ3n) is 6.74. The lowest BCUT2D eigenvalue weighted by Crippen LogP contribution is -2.44. The molecule has 0 spiro atoms. The van der Waals surface area contributed by atoms with Crippen molar-refractivity contribution in [2.45, 2.75) is 13.0 Å². The zero-order chi connectivity index (χ0) is 23.2. The molecule has 4 aromatic heterocycles. The second-order valence-corrected chi connectivity index (χ2v) is 9.07. The van der Waals surface area contributed by atoms with E-state index >= 15 is 0 Å². The number of anilines is 1. The summed E-state index contributed by atoms with van der Waals surface area (Å²) in [6.45, 7) is 6.14. The Kier molecular flexibility index (Phi) is 4.99. The summed E-state index contributed by atoms with van der Waals surface area (Å²) >= 11 is 0. The van der Waals surface area contributed by atoms with Crippen LogP contribution in [0.5, 0.6) is 0 Å². The number of aryl methyl sites for hydroxylation is 1. The van der Waals surface area contributed by atoms with Gasteiger partial charge in [-0.1, -0.05) is 6.07 Å². The van der Waals surface area contributed by atoms with Crippen molar-refractivity contribution in [3.63, 3.8) is 0 Å². The molecule has 1 saturated heterocycles. The molecule has 1 atom stereocenters. The highest BCUT2D eigenvalue weighted by molar-refractivity contribution is 5.84. The highest BCUT2D eigenvalue weighted by Crippen LogP contribution is 2.28. The molecule has 5 aromatic rings. The van der Waals surface area contributed by atoms with Gasteiger partial charge in [-0.05, 0) is 37.7 Å². The molecule has 1 fully saturated rings. The van der Waals surface area contributed by atoms with Crippen molar-refractivity contribution in [1.29, 1.82) is 0 Å². The molecule has 0 N–H and O–H groups in total. The maximum absolute atomic E-state index is 4.97. The standard InChI is InChI=1S/C25H27N9/c1-17(18-4-5-22-19(10-18)11-20(12-26-22)21-13-29-32(3)15-21)34-16-28-24-25(34)30-23(14-27-24)33-8-6-31(2)7-9-33/h4-5,10-17H,6-9H2,1-3H3. The lowest BCUT2D eigenvalue weighted by molar-refractivity contribution is 0.312. The van der Waals surface area contributed by atoms with Gasteiger partial charge in [-0.3, -0.25) is 9.67 Å². The summed E-state index contributed by atoms with van der Waals surface area (Å²) in [5, 5.41) is 5.38. The Morgan fingerprint density at radius 1 is 0.882 bits per heavy atom. The summed E-state index contributed by atoms with van der Waals surface area (Å²) in [5.41, 5.74) is 5.74. The molecule has 34 heavy (non-hydrogen) atoms. The van der Waals surface area contributed by atoms with Crippen molar-refractivity contribution in [3.8, 4) is 11.1 Å². The second-order valence-electron chi connectivity index (χ2n) is 9.07. The molecule has 1 aliphatic rings. The monoisotopic (exact) mass is 453 g/mol. The first-order chi connectivity index (χ1) is 16.5. The molecule has 172 valence electrons. The number of likely N-dealkylation sites (N-methyl/N-ethyl adjacent to an activating group) is 1. The van der Waals surface area contributed by atoms with E-state index in [4.69, 9.17) is 4.98 Å². The maximum atomic E-state index is 4.97. The average Bonchev–Trinajstić information content (AvgIpc) is 3.49. The van der Waals surface area contributed by atoms with Gasteiger partial charge in [0.2, 0.25) is 0 Å². The molecule has 1 aromatic carbocycles. The summed E-state index contributed by atoms with van der Waals surface area (Å²) in [7, 11) is 4.08. The van der Waals surface area contributed by atoms with Gasteiger partial charge in [-0.15, -0.1) is 0 Å². The highest BCUT2D eigenvalue weighted by Gasteiger charge is 2.19. The molecule has 1 unspecified atom stereocenters. The molecule has 9 heteroatoms. The van der Waals surface area contributed by atoms with Crippen LogP contribution in [0.3, 0.4) is 0 Å². The van der Waals surface area contributed by atoms with Gasteiger partial charge in [0.1, 0.15) is 5.82 Å². The third kappa shape index (κ3) is 3.67. The van der Waals surface area contributed by atoms with E-state index in [-0.39, 0.29) is 6.04 Å². The molecule has 0 saturated carbocycles. The van der Waals surface area contributed by atoms with Gasteiger partial charge >= 0.3 is 0 Å². The Morgan fingerprint density at radius 2 is 1.74 bits per heavy atom.